The highest BCUT2D eigenvalue weighted by molar-refractivity contribution is 5.72. The van der Waals surface area contributed by atoms with Crippen molar-refractivity contribution in [3.05, 3.63) is 65.5 Å². The van der Waals surface area contributed by atoms with Crippen molar-refractivity contribution in [3.63, 3.8) is 0 Å². The molecule has 0 saturated heterocycles. The Labute approximate surface area is 130 Å². The van der Waals surface area contributed by atoms with Gasteiger partial charge < -0.3 is 10.6 Å². The van der Waals surface area contributed by atoms with Gasteiger partial charge in [-0.05, 0) is 41.8 Å². The Morgan fingerprint density at radius 3 is 2.27 bits per heavy atom. The van der Waals surface area contributed by atoms with Gasteiger partial charge in [0.15, 0.2) is 0 Å². The van der Waals surface area contributed by atoms with E-state index in [1.807, 2.05) is 36.4 Å². The van der Waals surface area contributed by atoms with Crippen molar-refractivity contribution in [2.45, 2.75) is 32.9 Å². The Balaban J connectivity index is 2.01. The fourth-order valence-corrected chi connectivity index (χ4v) is 2.26. The van der Waals surface area contributed by atoms with E-state index < -0.39 is 0 Å². The molecule has 1 atom stereocenters. The maximum Gasteiger partial charge on any atom is 0.217 e. The van der Waals surface area contributed by atoms with E-state index in [0.717, 1.165) is 23.2 Å². The van der Waals surface area contributed by atoms with E-state index in [0.29, 0.717) is 6.54 Å². The number of amides is 1. The van der Waals surface area contributed by atoms with Crippen molar-refractivity contribution in [1.82, 2.24) is 5.32 Å². The number of hydrogen-bond acceptors (Lipinski definition) is 2. The molecule has 0 saturated carbocycles. The van der Waals surface area contributed by atoms with Crippen LogP contribution in [-0.2, 0) is 11.3 Å². The molecule has 0 aliphatic heterocycles. The molecule has 2 aromatic carbocycles. The van der Waals surface area contributed by atoms with Crippen LogP contribution in [0.2, 0.25) is 0 Å². The highest BCUT2D eigenvalue weighted by Gasteiger charge is 2.09. The van der Waals surface area contributed by atoms with Crippen molar-refractivity contribution in [1.29, 1.82) is 0 Å². The summed E-state index contributed by atoms with van der Waals surface area (Å²) in [6.07, 6.45) is 0.902. The standard InChI is InChI=1S/C18H21FN2O/c1-3-18(15-6-8-16(19)9-7-15)21-17-10-4-14(5-11-17)12-20-13(2)22/h4-11,18,21H,3,12H2,1-2H3,(H,20,22)/t18-/m0/s1. The molecule has 0 fully saturated rings. The van der Waals surface area contributed by atoms with Crippen molar-refractivity contribution in [2.24, 2.45) is 0 Å². The van der Waals surface area contributed by atoms with Gasteiger partial charge in [0.25, 0.3) is 0 Å². The third kappa shape index (κ3) is 4.58. The van der Waals surface area contributed by atoms with E-state index in [2.05, 4.69) is 17.6 Å². The predicted octanol–water partition coefficient (Wildman–Crippen LogP) is 4.03. The van der Waals surface area contributed by atoms with Crippen LogP contribution in [0.4, 0.5) is 10.1 Å². The molecule has 0 unspecified atom stereocenters. The van der Waals surface area contributed by atoms with Crippen LogP contribution in [-0.4, -0.2) is 5.91 Å². The molecule has 2 N–H and O–H groups in total. The smallest absolute Gasteiger partial charge is 0.217 e. The summed E-state index contributed by atoms with van der Waals surface area (Å²) in [7, 11) is 0. The van der Waals surface area contributed by atoms with Crippen LogP contribution in [0.3, 0.4) is 0 Å². The minimum absolute atomic E-state index is 0.0374. The summed E-state index contributed by atoms with van der Waals surface area (Å²) < 4.78 is 13.0. The second-order valence-electron chi connectivity index (χ2n) is 5.26. The van der Waals surface area contributed by atoms with E-state index in [4.69, 9.17) is 0 Å². The molecule has 3 nitrogen and oxygen atoms in total. The van der Waals surface area contributed by atoms with Gasteiger partial charge in [-0.2, -0.15) is 0 Å². The van der Waals surface area contributed by atoms with E-state index >= 15 is 0 Å². The van der Waals surface area contributed by atoms with Gasteiger partial charge in [-0.1, -0.05) is 31.2 Å². The fourth-order valence-electron chi connectivity index (χ4n) is 2.26. The zero-order chi connectivity index (χ0) is 15.9. The molecular formula is C18H21FN2O. The Morgan fingerprint density at radius 1 is 1.09 bits per heavy atom. The second kappa shape index (κ2) is 7.59. The number of anilines is 1. The zero-order valence-corrected chi connectivity index (χ0v) is 12.9. The van der Waals surface area contributed by atoms with Crippen LogP contribution in [0.15, 0.2) is 48.5 Å². The maximum atomic E-state index is 13.0. The maximum absolute atomic E-state index is 13.0. The molecule has 0 heterocycles. The van der Waals surface area contributed by atoms with Gasteiger partial charge in [-0.25, -0.2) is 4.39 Å². The number of halogens is 1. The molecular weight excluding hydrogens is 279 g/mol. The second-order valence-corrected chi connectivity index (χ2v) is 5.26. The van der Waals surface area contributed by atoms with Gasteiger partial charge in [0.05, 0.1) is 6.04 Å². The average molecular weight is 300 g/mol. The lowest BCUT2D eigenvalue weighted by molar-refractivity contribution is -0.119. The summed E-state index contributed by atoms with van der Waals surface area (Å²) in [5.74, 6) is -0.259. The third-order valence-corrected chi connectivity index (χ3v) is 3.52. The summed E-state index contributed by atoms with van der Waals surface area (Å²) >= 11 is 0. The molecule has 0 radical (unpaired) electrons. The summed E-state index contributed by atoms with van der Waals surface area (Å²) in [6, 6.07) is 14.7. The monoisotopic (exact) mass is 300 g/mol. The average Bonchev–Trinajstić information content (AvgIpc) is 2.52. The summed E-state index contributed by atoms with van der Waals surface area (Å²) in [5.41, 5.74) is 3.12. The van der Waals surface area contributed by atoms with E-state index in [-0.39, 0.29) is 17.8 Å². The number of rotatable bonds is 6. The van der Waals surface area contributed by atoms with Crippen LogP contribution in [0.25, 0.3) is 0 Å². The van der Waals surface area contributed by atoms with Crippen molar-refractivity contribution in [2.75, 3.05) is 5.32 Å². The van der Waals surface area contributed by atoms with Gasteiger partial charge in [-0.15, -0.1) is 0 Å². The normalized spacial score (nSPS) is 11.8. The van der Waals surface area contributed by atoms with Crippen molar-refractivity contribution >= 4 is 11.6 Å². The van der Waals surface area contributed by atoms with E-state index in [9.17, 15) is 9.18 Å². The Bertz CT molecular complexity index is 608. The lowest BCUT2D eigenvalue weighted by Gasteiger charge is -2.19. The van der Waals surface area contributed by atoms with E-state index in [1.165, 1.54) is 19.1 Å². The number of carbonyl (C=O) groups excluding carboxylic acids is 1. The van der Waals surface area contributed by atoms with Crippen LogP contribution in [0, 0.1) is 5.82 Å². The topological polar surface area (TPSA) is 41.1 Å². The van der Waals surface area contributed by atoms with Crippen LogP contribution in [0.1, 0.15) is 37.4 Å². The minimum atomic E-state index is -0.221. The van der Waals surface area contributed by atoms with Gasteiger partial charge in [0.2, 0.25) is 5.91 Å². The minimum Gasteiger partial charge on any atom is -0.378 e. The van der Waals surface area contributed by atoms with Gasteiger partial charge >= 0.3 is 0 Å². The van der Waals surface area contributed by atoms with Crippen LogP contribution in [0.5, 0.6) is 0 Å². The van der Waals surface area contributed by atoms with Crippen molar-refractivity contribution in [3.8, 4) is 0 Å². The van der Waals surface area contributed by atoms with Crippen molar-refractivity contribution < 1.29 is 9.18 Å². The third-order valence-electron chi connectivity index (χ3n) is 3.52. The quantitative estimate of drug-likeness (QED) is 0.846. The first-order valence-corrected chi connectivity index (χ1v) is 7.44. The Kier molecular flexibility index (Phi) is 5.53. The molecule has 0 aliphatic carbocycles. The molecule has 116 valence electrons. The fraction of sp³-hybridized carbons (Fsp3) is 0.278. The molecule has 0 bridgehead atoms. The predicted molar refractivity (Wildman–Crippen MR) is 87.0 cm³/mol. The lowest BCUT2D eigenvalue weighted by atomic mass is 10.0. The molecule has 0 aliphatic rings. The highest BCUT2D eigenvalue weighted by Crippen LogP contribution is 2.23. The summed E-state index contributed by atoms with van der Waals surface area (Å²) in [6.45, 7) is 4.13. The zero-order valence-electron chi connectivity index (χ0n) is 12.9. The number of benzene rings is 2. The molecule has 4 heteroatoms. The number of nitrogens with one attached hydrogen (secondary N) is 2. The molecule has 2 rings (SSSR count). The summed E-state index contributed by atoms with van der Waals surface area (Å²) in [5, 5.41) is 6.22. The molecule has 2 aromatic rings. The number of carbonyl (C=O) groups is 1. The molecule has 22 heavy (non-hydrogen) atoms. The van der Waals surface area contributed by atoms with Gasteiger partial charge in [-0.3, -0.25) is 4.79 Å². The summed E-state index contributed by atoms with van der Waals surface area (Å²) in [4.78, 5) is 10.9. The van der Waals surface area contributed by atoms with Crippen LogP contribution >= 0.6 is 0 Å². The first kappa shape index (κ1) is 16.0. The highest BCUT2D eigenvalue weighted by atomic mass is 19.1. The van der Waals surface area contributed by atoms with Gasteiger partial charge in [0, 0.05) is 19.2 Å². The molecule has 0 spiro atoms. The largest absolute Gasteiger partial charge is 0.378 e. The SMILES string of the molecule is CC[C@H](Nc1ccc(CNC(C)=O)cc1)c1ccc(F)cc1. The Hall–Kier alpha value is -2.36. The van der Waals surface area contributed by atoms with E-state index in [1.54, 1.807) is 0 Å². The van der Waals surface area contributed by atoms with Crippen LogP contribution < -0.4 is 10.6 Å². The lowest BCUT2D eigenvalue weighted by Crippen LogP contribution is -2.18. The first-order chi connectivity index (χ1) is 10.6. The molecule has 0 aromatic heterocycles. The first-order valence-electron chi connectivity index (χ1n) is 7.44. The molecule has 1 amide bonds. The Morgan fingerprint density at radius 2 is 1.73 bits per heavy atom. The number of hydrogen-bond donors (Lipinski definition) is 2. The van der Waals surface area contributed by atoms with Gasteiger partial charge in [0.1, 0.15) is 5.82 Å².